The van der Waals surface area contributed by atoms with Crippen LogP contribution in [-0.4, -0.2) is 25.1 Å². The standard InChI is InChI=1S/C20H20N2O5/c1-12-17(11-26-14-6-4-13(5-7-14)19(21)23)22-20(27-12)16-10-15(24-2)8-9-18(16)25-3/h4-10H,11H2,1-3H3,(H2,21,23). The molecule has 1 amide bonds. The molecule has 0 aliphatic carbocycles. The number of primary amides is 1. The van der Waals surface area contributed by atoms with Gasteiger partial charge in [0.25, 0.3) is 0 Å². The van der Waals surface area contributed by atoms with E-state index in [0.29, 0.717) is 45.7 Å². The SMILES string of the molecule is COc1ccc(OC)c(-c2nc(COc3ccc(C(N)=O)cc3)c(C)o2)c1. The Balaban J connectivity index is 1.79. The van der Waals surface area contributed by atoms with Crippen LogP contribution in [0.5, 0.6) is 17.2 Å². The predicted molar refractivity (Wildman–Crippen MR) is 99.1 cm³/mol. The van der Waals surface area contributed by atoms with Crippen LogP contribution in [0.15, 0.2) is 46.9 Å². The fraction of sp³-hybridized carbons (Fsp3) is 0.200. The molecule has 2 aromatic carbocycles. The van der Waals surface area contributed by atoms with Gasteiger partial charge in [0, 0.05) is 5.56 Å². The second-order valence-corrected chi connectivity index (χ2v) is 5.77. The summed E-state index contributed by atoms with van der Waals surface area (Å²) >= 11 is 0. The molecule has 0 unspecified atom stereocenters. The van der Waals surface area contributed by atoms with Gasteiger partial charge in [-0.05, 0) is 49.4 Å². The lowest BCUT2D eigenvalue weighted by molar-refractivity contribution is 0.1000. The number of nitrogens with zero attached hydrogens (tertiary/aromatic N) is 1. The van der Waals surface area contributed by atoms with Crippen molar-refractivity contribution in [2.75, 3.05) is 14.2 Å². The van der Waals surface area contributed by atoms with E-state index in [1.165, 1.54) is 0 Å². The van der Waals surface area contributed by atoms with Gasteiger partial charge in [-0.3, -0.25) is 4.79 Å². The van der Waals surface area contributed by atoms with Gasteiger partial charge in [-0.25, -0.2) is 4.98 Å². The minimum absolute atomic E-state index is 0.220. The minimum atomic E-state index is -0.481. The molecule has 0 atom stereocenters. The largest absolute Gasteiger partial charge is 0.497 e. The Bertz CT molecular complexity index is 948. The third-order valence-corrected chi connectivity index (χ3v) is 4.04. The van der Waals surface area contributed by atoms with E-state index in [4.69, 9.17) is 24.4 Å². The average molecular weight is 368 g/mol. The highest BCUT2D eigenvalue weighted by molar-refractivity contribution is 5.92. The zero-order valence-electron chi connectivity index (χ0n) is 15.3. The van der Waals surface area contributed by atoms with Gasteiger partial charge in [0.15, 0.2) is 0 Å². The molecule has 0 saturated carbocycles. The molecule has 0 spiro atoms. The Hall–Kier alpha value is -3.48. The van der Waals surface area contributed by atoms with Crippen molar-refractivity contribution in [2.24, 2.45) is 5.73 Å². The van der Waals surface area contributed by atoms with Gasteiger partial charge >= 0.3 is 0 Å². The molecule has 0 radical (unpaired) electrons. The first-order valence-corrected chi connectivity index (χ1v) is 8.23. The predicted octanol–water partition coefficient (Wildman–Crippen LogP) is 3.35. The lowest BCUT2D eigenvalue weighted by atomic mass is 10.2. The van der Waals surface area contributed by atoms with E-state index >= 15 is 0 Å². The first-order valence-electron chi connectivity index (χ1n) is 8.23. The van der Waals surface area contributed by atoms with Gasteiger partial charge in [-0.2, -0.15) is 0 Å². The number of amides is 1. The molecule has 3 rings (SSSR count). The average Bonchev–Trinajstić information content (AvgIpc) is 3.06. The van der Waals surface area contributed by atoms with Crippen molar-refractivity contribution in [3.63, 3.8) is 0 Å². The van der Waals surface area contributed by atoms with Crippen molar-refractivity contribution in [1.82, 2.24) is 4.98 Å². The second-order valence-electron chi connectivity index (χ2n) is 5.77. The molecule has 1 heterocycles. The van der Waals surface area contributed by atoms with Crippen LogP contribution in [0.4, 0.5) is 0 Å². The highest BCUT2D eigenvalue weighted by Gasteiger charge is 2.17. The number of benzene rings is 2. The summed E-state index contributed by atoms with van der Waals surface area (Å²) in [6.45, 7) is 2.04. The number of methoxy groups -OCH3 is 2. The van der Waals surface area contributed by atoms with Crippen molar-refractivity contribution in [3.05, 3.63) is 59.5 Å². The van der Waals surface area contributed by atoms with Gasteiger partial charge in [-0.15, -0.1) is 0 Å². The van der Waals surface area contributed by atoms with Crippen molar-refractivity contribution >= 4 is 5.91 Å². The lowest BCUT2D eigenvalue weighted by Gasteiger charge is -2.07. The highest BCUT2D eigenvalue weighted by atomic mass is 16.5. The van der Waals surface area contributed by atoms with Crippen LogP contribution in [0.2, 0.25) is 0 Å². The summed E-state index contributed by atoms with van der Waals surface area (Å²) in [6.07, 6.45) is 0. The molecule has 140 valence electrons. The third kappa shape index (κ3) is 4.03. The molecular formula is C20H20N2O5. The highest BCUT2D eigenvalue weighted by Crippen LogP contribution is 2.34. The van der Waals surface area contributed by atoms with Crippen molar-refractivity contribution in [2.45, 2.75) is 13.5 Å². The van der Waals surface area contributed by atoms with E-state index in [9.17, 15) is 4.79 Å². The molecule has 0 fully saturated rings. The van der Waals surface area contributed by atoms with Crippen LogP contribution in [0.3, 0.4) is 0 Å². The van der Waals surface area contributed by atoms with Crippen LogP contribution in [0.1, 0.15) is 21.8 Å². The molecule has 1 aromatic heterocycles. The number of oxazole rings is 1. The van der Waals surface area contributed by atoms with Crippen molar-refractivity contribution in [1.29, 1.82) is 0 Å². The fourth-order valence-corrected chi connectivity index (χ4v) is 2.53. The lowest BCUT2D eigenvalue weighted by Crippen LogP contribution is -2.10. The van der Waals surface area contributed by atoms with Gasteiger partial charge < -0.3 is 24.4 Å². The molecule has 27 heavy (non-hydrogen) atoms. The number of ether oxygens (including phenoxy) is 3. The van der Waals surface area contributed by atoms with Crippen LogP contribution in [-0.2, 0) is 6.61 Å². The number of carbonyl (C=O) groups is 1. The van der Waals surface area contributed by atoms with E-state index in [0.717, 1.165) is 0 Å². The molecule has 3 aromatic rings. The molecular weight excluding hydrogens is 348 g/mol. The fourth-order valence-electron chi connectivity index (χ4n) is 2.53. The Morgan fingerprint density at radius 3 is 2.41 bits per heavy atom. The number of carbonyl (C=O) groups excluding carboxylic acids is 1. The summed E-state index contributed by atoms with van der Waals surface area (Å²) < 4.78 is 22.2. The molecule has 0 aliphatic heterocycles. The zero-order valence-corrected chi connectivity index (χ0v) is 15.3. The number of hydrogen-bond acceptors (Lipinski definition) is 6. The quantitative estimate of drug-likeness (QED) is 0.687. The molecule has 0 aliphatic rings. The van der Waals surface area contributed by atoms with Crippen LogP contribution in [0.25, 0.3) is 11.5 Å². The summed E-state index contributed by atoms with van der Waals surface area (Å²) in [5.74, 6) is 2.49. The van der Waals surface area contributed by atoms with Gasteiger partial charge in [0.1, 0.15) is 35.3 Å². The van der Waals surface area contributed by atoms with E-state index in [1.807, 2.05) is 6.92 Å². The maximum atomic E-state index is 11.1. The topological polar surface area (TPSA) is 96.8 Å². The number of aromatic nitrogens is 1. The number of rotatable bonds is 7. The van der Waals surface area contributed by atoms with E-state index in [1.54, 1.807) is 56.7 Å². The van der Waals surface area contributed by atoms with Gasteiger partial charge in [0.2, 0.25) is 11.8 Å². The molecule has 7 nitrogen and oxygen atoms in total. The summed E-state index contributed by atoms with van der Waals surface area (Å²) in [5.41, 5.74) is 7.01. The third-order valence-electron chi connectivity index (χ3n) is 4.04. The summed E-state index contributed by atoms with van der Waals surface area (Å²) in [7, 11) is 3.18. The van der Waals surface area contributed by atoms with E-state index < -0.39 is 5.91 Å². The maximum Gasteiger partial charge on any atom is 0.248 e. The van der Waals surface area contributed by atoms with Crippen LogP contribution in [0, 0.1) is 6.92 Å². The maximum absolute atomic E-state index is 11.1. The van der Waals surface area contributed by atoms with Crippen LogP contribution < -0.4 is 19.9 Å². The second kappa shape index (κ2) is 7.82. The molecule has 2 N–H and O–H groups in total. The Morgan fingerprint density at radius 1 is 1.07 bits per heavy atom. The first-order chi connectivity index (χ1) is 13.0. The molecule has 0 bridgehead atoms. The van der Waals surface area contributed by atoms with Gasteiger partial charge in [-0.1, -0.05) is 0 Å². The monoisotopic (exact) mass is 368 g/mol. The van der Waals surface area contributed by atoms with Crippen molar-refractivity contribution in [3.8, 4) is 28.7 Å². The summed E-state index contributed by atoms with van der Waals surface area (Å²) in [6, 6.07) is 12.0. The number of nitrogens with two attached hydrogens (primary N) is 1. The molecule has 7 heteroatoms. The Kier molecular flexibility index (Phi) is 5.30. The smallest absolute Gasteiger partial charge is 0.248 e. The van der Waals surface area contributed by atoms with E-state index in [2.05, 4.69) is 4.98 Å². The zero-order chi connectivity index (χ0) is 19.4. The number of aryl methyl sites for hydroxylation is 1. The Labute approximate surface area is 156 Å². The number of hydrogen-bond donors (Lipinski definition) is 1. The minimum Gasteiger partial charge on any atom is -0.497 e. The van der Waals surface area contributed by atoms with Crippen LogP contribution >= 0.6 is 0 Å². The first kappa shape index (κ1) is 18.3. The summed E-state index contributed by atoms with van der Waals surface area (Å²) in [5, 5.41) is 0. The van der Waals surface area contributed by atoms with E-state index in [-0.39, 0.29) is 6.61 Å². The molecule has 0 saturated heterocycles. The Morgan fingerprint density at radius 2 is 1.78 bits per heavy atom. The van der Waals surface area contributed by atoms with Crippen molar-refractivity contribution < 1.29 is 23.4 Å². The van der Waals surface area contributed by atoms with Gasteiger partial charge in [0.05, 0.1) is 19.8 Å². The normalized spacial score (nSPS) is 10.5. The summed E-state index contributed by atoms with van der Waals surface area (Å²) in [4.78, 5) is 15.6.